The van der Waals surface area contributed by atoms with E-state index in [1.807, 2.05) is 46.8 Å². The van der Waals surface area contributed by atoms with E-state index in [0.29, 0.717) is 10.7 Å². The molecule has 0 radical (unpaired) electrons. The van der Waals surface area contributed by atoms with Gasteiger partial charge in [0.15, 0.2) is 0 Å². The lowest BCUT2D eigenvalue weighted by atomic mass is 10.0. The summed E-state index contributed by atoms with van der Waals surface area (Å²) in [7, 11) is -3.77. The molecule has 192 valence electrons. The largest absolute Gasteiger partial charge is 0.350 e. The van der Waals surface area contributed by atoms with Crippen molar-refractivity contribution >= 4 is 39.1 Å². The van der Waals surface area contributed by atoms with Crippen LogP contribution in [0, 0.1) is 0 Å². The van der Waals surface area contributed by atoms with Gasteiger partial charge in [-0.15, -0.1) is 0 Å². The number of rotatable bonds is 9. The molecule has 2 aromatic carbocycles. The van der Waals surface area contributed by atoms with Crippen molar-refractivity contribution in [3.05, 3.63) is 64.7 Å². The maximum Gasteiger partial charge on any atom is 0.244 e. The van der Waals surface area contributed by atoms with Gasteiger partial charge < -0.3 is 10.2 Å². The molecule has 0 saturated carbocycles. The summed E-state index contributed by atoms with van der Waals surface area (Å²) in [5, 5.41) is 3.45. The van der Waals surface area contributed by atoms with Crippen LogP contribution in [0.5, 0.6) is 0 Å². The van der Waals surface area contributed by atoms with Crippen molar-refractivity contribution in [3.63, 3.8) is 0 Å². The Morgan fingerprint density at radius 3 is 1.97 bits per heavy atom. The number of nitrogens with zero attached hydrogens (tertiary/aromatic N) is 2. The second-order valence-corrected chi connectivity index (χ2v) is 12.4. The van der Waals surface area contributed by atoms with Crippen LogP contribution in [-0.2, 0) is 26.2 Å². The Bertz CT molecular complexity index is 1120. The van der Waals surface area contributed by atoms with Gasteiger partial charge in [-0.2, -0.15) is 0 Å². The average Bonchev–Trinajstić information content (AvgIpc) is 2.74. The number of amides is 2. The van der Waals surface area contributed by atoms with E-state index in [2.05, 4.69) is 5.32 Å². The minimum atomic E-state index is -3.77. The molecule has 0 heterocycles. The van der Waals surface area contributed by atoms with Gasteiger partial charge in [-0.3, -0.25) is 13.9 Å². The van der Waals surface area contributed by atoms with E-state index in [1.165, 1.54) is 4.90 Å². The first kappa shape index (κ1) is 28.7. The van der Waals surface area contributed by atoms with Crippen LogP contribution in [0.25, 0.3) is 0 Å². The van der Waals surface area contributed by atoms with E-state index in [1.54, 1.807) is 43.3 Å². The molecule has 2 aromatic rings. The first-order valence-corrected chi connectivity index (χ1v) is 13.7. The van der Waals surface area contributed by atoms with Gasteiger partial charge in [0, 0.05) is 17.1 Å². The lowest BCUT2D eigenvalue weighted by Gasteiger charge is -2.33. The molecule has 0 aliphatic rings. The predicted molar refractivity (Wildman–Crippen MR) is 142 cm³/mol. The number of anilines is 1. The fourth-order valence-corrected chi connectivity index (χ4v) is 4.46. The third-order valence-electron chi connectivity index (χ3n) is 5.46. The van der Waals surface area contributed by atoms with Crippen molar-refractivity contribution in [2.75, 3.05) is 17.1 Å². The summed E-state index contributed by atoms with van der Waals surface area (Å²) >= 11 is 6.00. The number of carbonyl (C=O) groups excluding carboxylic acids is 2. The van der Waals surface area contributed by atoms with E-state index in [4.69, 9.17) is 11.6 Å². The summed E-state index contributed by atoms with van der Waals surface area (Å²) in [6, 6.07) is 13.2. The number of benzene rings is 2. The summed E-state index contributed by atoms with van der Waals surface area (Å²) < 4.78 is 26.4. The first-order chi connectivity index (χ1) is 16.1. The van der Waals surface area contributed by atoms with Gasteiger partial charge in [-0.25, -0.2) is 8.42 Å². The zero-order chi connectivity index (χ0) is 26.6. The van der Waals surface area contributed by atoms with Gasteiger partial charge in [-0.05, 0) is 69.0 Å². The van der Waals surface area contributed by atoms with Crippen LogP contribution >= 0.6 is 11.6 Å². The Hall–Kier alpha value is -2.58. The highest BCUT2D eigenvalue weighted by atomic mass is 35.5. The monoisotopic (exact) mass is 521 g/mol. The van der Waals surface area contributed by atoms with Crippen LogP contribution in [-0.4, -0.2) is 49.5 Å². The van der Waals surface area contributed by atoms with Crippen LogP contribution in [0.15, 0.2) is 48.5 Å². The average molecular weight is 522 g/mol. The molecule has 0 fully saturated rings. The van der Waals surface area contributed by atoms with E-state index < -0.39 is 34.1 Å². The van der Waals surface area contributed by atoms with E-state index in [9.17, 15) is 18.0 Å². The molecule has 0 bridgehead atoms. The SMILES string of the molecule is CC(C)c1ccc(N(CC(=O)N(Cc2ccc(Cl)cc2)[C@@H](C)C(=O)NC(C)(C)C)S(C)(=O)=O)cc1. The number of hydrogen-bond donors (Lipinski definition) is 1. The third kappa shape index (κ3) is 8.54. The van der Waals surface area contributed by atoms with E-state index >= 15 is 0 Å². The molecule has 0 aromatic heterocycles. The zero-order valence-corrected chi connectivity index (χ0v) is 23.1. The Labute approximate surface area is 214 Å². The van der Waals surface area contributed by atoms with Crippen LogP contribution in [0.2, 0.25) is 5.02 Å². The molecule has 0 saturated heterocycles. The highest BCUT2D eigenvalue weighted by molar-refractivity contribution is 7.92. The normalized spacial score (nSPS) is 12.8. The van der Waals surface area contributed by atoms with Gasteiger partial charge in [0.1, 0.15) is 12.6 Å². The maximum absolute atomic E-state index is 13.5. The van der Waals surface area contributed by atoms with Gasteiger partial charge in [0.25, 0.3) is 0 Å². The maximum atomic E-state index is 13.5. The highest BCUT2D eigenvalue weighted by Gasteiger charge is 2.31. The minimum absolute atomic E-state index is 0.124. The molecule has 2 rings (SSSR count). The van der Waals surface area contributed by atoms with E-state index in [-0.39, 0.29) is 18.4 Å². The molecule has 35 heavy (non-hydrogen) atoms. The van der Waals surface area contributed by atoms with Crippen LogP contribution < -0.4 is 9.62 Å². The molecule has 0 spiro atoms. The van der Waals surface area contributed by atoms with Crippen LogP contribution in [0.1, 0.15) is 58.6 Å². The highest BCUT2D eigenvalue weighted by Crippen LogP contribution is 2.23. The predicted octanol–water partition coefficient (Wildman–Crippen LogP) is 4.56. The van der Waals surface area contributed by atoms with Crippen LogP contribution in [0.3, 0.4) is 0 Å². The molecule has 0 unspecified atom stereocenters. The van der Waals surface area contributed by atoms with Gasteiger partial charge in [0.2, 0.25) is 21.8 Å². The number of halogens is 1. The van der Waals surface area contributed by atoms with Crippen molar-refractivity contribution < 1.29 is 18.0 Å². The molecule has 1 atom stereocenters. The lowest BCUT2D eigenvalue weighted by molar-refractivity contribution is -0.140. The molecular formula is C26H36ClN3O4S. The molecule has 2 amide bonds. The molecule has 0 aliphatic heterocycles. The molecule has 9 heteroatoms. The third-order valence-corrected chi connectivity index (χ3v) is 6.85. The number of hydrogen-bond acceptors (Lipinski definition) is 4. The standard InChI is InChI=1S/C26H36ClN3O4S/c1-18(2)21-10-14-23(15-11-21)30(35(7,33)34)17-24(31)29(16-20-8-12-22(27)13-9-20)19(3)25(32)28-26(4,5)6/h8-15,18-19H,16-17H2,1-7H3,(H,28,32)/t19-/m0/s1. The number of nitrogens with one attached hydrogen (secondary N) is 1. The summed E-state index contributed by atoms with van der Waals surface area (Å²) in [6.45, 7) is 11.0. The Kier molecular flexibility index (Phi) is 9.36. The van der Waals surface area contributed by atoms with Crippen molar-refractivity contribution in [1.82, 2.24) is 10.2 Å². The van der Waals surface area contributed by atoms with Gasteiger partial charge in [-0.1, -0.05) is 49.7 Å². The number of sulfonamides is 1. The second-order valence-electron chi connectivity index (χ2n) is 10.1. The molecule has 0 aliphatic carbocycles. The Morgan fingerprint density at radius 2 is 1.51 bits per heavy atom. The van der Waals surface area contributed by atoms with Crippen molar-refractivity contribution in [1.29, 1.82) is 0 Å². The quantitative estimate of drug-likeness (QED) is 0.524. The fourth-order valence-electron chi connectivity index (χ4n) is 3.48. The Morgan fingerprint density at radius 1 is 0.971 bits per heavy atom. The zero-order valence-electron chi connectivity index (χ0n) is 21.5. The van der Waals surface area contributed by atoms with Gasteiger partial charge >= 0.3 is 0 Å². The Balaban J connectivity index is 2.39. The fraction of sp³-hybridized carbons (Fsp3) is 0.462. The summed E-state index contributed by atoms with van der Waals surface area (Å²) in [4.78, 5) is 27.9. The summed E-state index contributed by atoms with van der Waals surface area (Å²) in [6.07, 6.45) is 1.07. The second kappa shape index (κ2) is 11.4. The van der Waals surface area contributed by atoms with Crippen molar-refractivity contribution in [2.45, 2.75) is 65.6 Å². The van der Waals surface area contributed by atoms with Gasteiger partial charge in [0.05, 0.1) is 11.9 Å². The smallest absolute Gasteiger partial charge is 0.244 e. The van der Waals surface area contributed by atoms with Crippen molar-refractivity contribution in [2.24, 2.45) is 0 Å². The summed E-state index contributed by atoms with van der Waals surface area (Å²) in [5.74, 6) is -0.531. The topological polar surface area (TPSA) is 86.8 Å². The molecule has 7 nitrogen and oxygen atoms in total. The number of carbonyl (C=O) groups is 2. The minimum Gasteiger partial charge on any atom is -0.350 e. The van der Waals surface area contributed by atoms with Crippen LogP contribution in [0.4, 0.5) is 5.69 Å². The summed E-state index contributed by atoms with van der Waals surface area (Å²) in [5.41, 5.74) is 1.73. The molecule has 1 N–H and O–H groups in total. The molecular weight excluding hydrogens is 486 g/mol. The van der Waals surface area contributed by atoms with Crippen molar-refractivity contribution in [3.8, 4) is 0 Å². The van der Waals surface area contributed by atoms with E-state index in [0.717, 1.165) is 21.7 Å². The lowest BCUT2D eigenvalue weighted by Crippen LogP contribution is -2.54. The first-order valence-electron chi connectivity index (χ1n) is 11.5.